The average Bonchev–Trinajstić information content (AvgIpc) is 2.15. The molecule has 1 fully saturated rings. The van der Waals surface area contributed by atoms with E-state index in [1.54, 1.807) is 0 Å². The van der Waals surface area contributed by atoms with Crippen LogP contribution in [-0.4, -0.2) is 11.9 Å². The minimum atomic E-state index is -0.365. The van der Waals surface area contributed by atoms with Gasteiger partial charge in [0.15, 0.2) is 5.96 Å². The summed E-state index contributed by atoms with van der Waals surface area (Å²) in [6.45, 7) is 0. The van der Waals surface area contributed by atoms with Crippen LogP contribution in [-0.2, 0) is 4.79 Å². The lowest BCUT2D eigenvalue weighted by Gasteiger charge is -2.17. The predicted molar refractivity (Wildman–Crippen MR) is 56.5 cm³/mol. The second kappa shape index (κ2) is 5.42. The molecule has 1 rings (SSSR count). The first kappa shape index (κ1) is 10.8. The number of amides is 1. The molecular formula is C10H17N3O. The molecule has 1 saturated carbocycles. The van der Waals surface area contributed by atoms with Crippen molar-refractivity contribution in [1.29, 1.82) is 0 Å². The highest BCUT2D eigenvalue weighted by molar-refractivity contribution is 5.97. The van der Waals surface area contributed by atoms with E-state index < -0.39 is 0 Å². The maximum Gasteiger partial charge on any atom is 0.272 e. The third-order valence-corrected chi connectivity index (χ3v) is 2.40. The molecule has 4 heteroatoms. The van der Waals surface area contributed by atoms with Crippen molar-refractivity contribution in [2.24, 2.45) is 22.4 Å². The van der Waals surface area contributed by atoms with E-state index in [0.29, 0.717) is 5.92 Å². The van der Waals surface area contributed by atoms with Crippen molar-refractivity contribution in [2.75, 3.05) is 0 Å². The predicted octanol–water partition coefficient (Wildman–Crippen LogP) is 0.923. The molecular weight excluding hydrogens is 178 g/mol. The SMILES string of the molecule is NC(N)=NC(=O)/C=C/C1CCCCC1. The van der Waals surface area contributed by atoms with Gasteiger partial charge in [0.1, 0.15) is 0 Å². The van der Waals surface area contributed by atoms with Crippen molar-refractivity contribution in [3.05, 3.63) is 12.2 Å². The molecule has 4 N–H and O–H groups in total. The highest BCUT2D eigenvalue weighted by Gasteiger charge is 2.09. The topological polar surface area (TPSA) is 81.5 Å². The Morgan fingerprint density at radius 1 is 1.21 bits per heavy atom. The number of nitrogens with two attached hydrogens (primary N) is 2. The third kappa shape index (κ3) is 4.07. The van der Waals surface area contributed by atoms with E-state index >= 15 is 0 Å². The summed E-state index contributed by atoms with van der Waals surface area (Å²) in [6, 6.07) is 0. The van der Waals surface area contributed by atoms with Gasteiger partial charge in [-0.15, -0.1) is 0 Å². The lowest BCUT2D eigenvalue weighted by atomic mass is 9.89. The monoisotopic (exact) mass is 195 g/mol. The molecule has 0 spiro atoms. The van der Waals surface area contributed by atoms with E-state index in [1.807, 2.05) is 6.08 Å². The summed E-state index contributed by atoms with van der Waals surface area (Å²) < 4.78 is 0. The van der Waals surface area contributed by atoms with Crippen molar-refractivity contribution >= 4 is 11.9 Å². The van der Waals surface area contributed by atoms with Crippen LogP contribution in [0.25, 0.3) is 0 Å². The van der Waals surface area contributed by atoms with Crippen molar-refractivity contribution in [3.63, 3.8) is 0 Å². The summed E-state index contributed by atoms with van der Waals surface area (Å²) in [5, 5.41) is 0. The van der Waals surface area contributed by atoms with Gasteiger partial charge < -0.3 is 11.5 Å². The van der Waals surface area contributed by atoms with Gasteiger partial charge in [0.05, 0.1) is 0 Å². The maximum absolute atomic E-state index is 11.1. The number of aliphatic imine (C=N–C) groups is 1. The molecule has 0 bridgehead atoms. The van der Waals surface area contributed by atoms with Gasteiger partial charge in [0, 0.05) is 6.08 Å². The van der Waals surface area contributed by atoms with Gasteiger partial charge in [-0.1, -0.05) is 25.3 Å². The van der Waals surface area contributed by atoms with Crippen LogP contribution in [0.3, 0.4) is 0 Å². The first-order valence-electron chi connectivity index (χ1n) is 5.00. The lowest BCUT2D eigenvalue weighted by Crippen LogP contribution is -2.23. The minimum Gasteiger partial charge on any atom is -0.370 e. The Kier molecular flexibility index (Phi) is 4.16. The molecule has 0 unspecified atom stereocenters. The van der Waals surface area contributed by atoms with E-state index in [0.717, 1.165) is 0 Å². The molecule has 0 aliphatic heterocycles. The Labute approximate surface area is 84.1 Å². The van der Waals surface area contributed by atoms with Gasteiger partial charge in [0.2, 0.25) is 0 Å². The number of nitrogens with zero attached hydrogens (tertiary/aromatic N) is 1. The molecule has 4 nitrogen and oxygen atoms in total. The van der Waals surface area contributed by atoms with E-state index in [2.05, 4.69) is 4.99 Å². The Hall–Kier alpha value is -1.32. The molecule has 0 radical (unpaired) electrons. The van der Waals surface area contributed by atoms with Crippen molar-refractivity contribution in [1.82, 2.24) is 0 Å². The number of hydrogen-bond acceptors (Lipinski definition) is 1. The number of carbonyl (C=O) groups excluding carboxylic acids is 1. The molecule has 0 saturated heterocycles. The molecule has 0 aromatic heterocycles. The van der Waals surface area contributed by atoms with Gasteiger partial charge in [-0.3, -0.25) is 4.79 Å². The Morgan fingerprint density at radius 3 is 2.43 bits per heavy atom. The van der Waals surface area contributed by atoms with Crippen LogP contribution in [0.5, 0.6) is 0 Å². The zero-order chi connectivity index (χ0) is 10.4. The van der Waals surface area contributed by atoms with Crippen LogP contribution in [0.15, 0.2) is 17.1 Å². The number of guanidine groups is 1. The second-order valence-electron chi connectivity index (χ2n) is 3.63. The van der Waals surface area contributed by atoms with Crippen molar-refractivity contribution in [3.8, 4) is 0 Å². The Bertz CT molecular complexity index is 248. The molecule has 0 aromatic rings. The largest absolute Gasteiger partial charge is 0.370 e. The van der Waals surface area contributed by atoms with Gasteiger partial charge >= 0.3 is 0 Å². The fraction of sp³-hybridized carbons (Fsp3) is 0.600. The molecule has 0 aromatic carbocycles. The average molecular weight is 195 g/mol. The van der Waals surface area contributed by atoms with Gasteiger partial charge in [-0.25, -0.2) is 0 Å². The summed E-state index contributed by atoms with van der Waals surface area (Å²) in [5.41, 5.74) is 10.2. The lowest BCUT2D eigenvalue weighted by molar-refractivity contribution is -0.113. The summed E-state index contributed by atoms with van der Waals surface area (Å²) in [7, 11) is 0. The van der Waals surface area contributed by atoms with Crippen LogP contribution in [0.2, 0.25) is 0 Å². The standard InChI is InChI=1S/C10H17N3O/c11-10(12)13-9(14)7-6-8-4-2-1-3-5-8/h6-8H,1-5H2,(H4,11,12,13,14)/b7-6+. The summed E-state index contributed by atoms with van der Waals surface area (Å²) in [4.78, 5) is 14.5. The van der Waals surface area contributed by atoms with E-state index in [1.165, 1.54) is 38.2 Å². The molecule has 1 aliphatic rings. The molecule has 1 aliphatic carbocycles. The molecule has 0 atom stereocenters. The first-order chi connectivity index (χ1) is 6.68. The minimum absolute atomic E-state index is 0.178. The quantitative estimate of drug-likeness (QED) is 0.390. The van der Waals surface area contributed by atoms with Crippen LogP contribution in [0.1, 0.15) is 32.1 Å². The summed E-state index contributed by atoms with van der Waals surface area (Å²) >= 11 is 0. The van der Waals surface area contributed by atoms with Gasteiger partial charge in [0.25, 0.3) is 5.91 Å². The highest BCUT2D eigenvalue weighted by Crippen LogP contribution is 2.24. The normalized spacial score (nSPS) is 18.3. The number of rotatable bonds is 2. The zero-order valence-electron chi connectivity index (χ0n) is 8.28. The Balaban J connectivity index is 2.38. The van der Waals surface area contributed by atoms with Crippen LogP contribution >= 0.6 is 0 Å². The van der Waals surface area contributed by atoms with E-state index in [4.69, 9.17) is 11.5 Å². The van der Waals surface area contributed by atoms with Crippen molar-refractivity contribution < 1.29 is 4.79 Å². The second-order valence-corrected chi connectivity index (χ2v) is 3.63. The number of carbonyl (C=O) groups is 1. The van der Waals surface area contributed by atoms with Crippen LogP contribution < -0.4 is 11.5 Å². The van der Waals surface area contributed by atoms with Crippen LogP contribution in [0.4, 0.5) is 0 Å². The summed E-state index contributed by atoms with van der Waals surface area (Å²) in [6.07, 6.45) is 9.56. The van der Waals surface area contributed by atoms with E-state index in [9.17, 15) is 4.79 Å². The first-order valence-corrected chi connectivity index (χ1v) is 5.00. The fourth-order valence-corrected chi connectivity index (χ4v) is 1.71. The smallest absolute Gasteiger partial charge is 0.272 e. The highest BCUT2D eigenvalue weighted by atomic mass is 16.1. The van der Waals surface area contributed by atoms with Gasteiger partial charge in [-0.05, 0) is 18.8 Å². The number of allylic oxidation sites excluding steroid dienone is 1. The van der Waals surface area contributed by atoms with Crippen LogP contribution in [0, 0.1) is 5.92 Å². The summed E-state index contributed by atoms with van der Waals surface area (Å²) in [5.74, 6) is -0.0132. The third-order valence-electron chi connectivity index (χ3n) is 2.40. The van der Waals surface area contributed by atoms with Gasteiger partial charge in [-0.2, -0.15) is 4.99 Å². The zero-order valence-corrected chi connectivity index (χ0v) is 8.28. The molecule has 14 heavy (non-hydrogen) atoms. The maximum atomic E-state index is 11.1. The fourth-order valence-electron chi connectivity index (χ4n) is 1.71. The van der Waals surface area contributed by atoms with Crippen molar-refractivity contribution in [2.45, 2.75) is 32.1 Å². The van der Waals surface area contributed by atoms with E-state index in [-0.39, 0.29) is 11.9 Å². The molecule has 0 heterocycles. The Morgan fingerprint density at radius 2 is 1.86 bits per heavy atom. The molecule has 78 valence electrons. The molecule has 1 amide bonds. The number of hydrogen-bond donors (Lipinski definition) is 2.